The van der Waals surface area contributed by atoms with E-state index in [-0.39, 0.29) is 11.7 Å². The van der Waals surface area contributed by atoms with Crippen LogP contribution in [-0.4, -0.2) is 26.6 Å². The molecule has 1 amide bonds. The van der Waals surface area contributed by atoms with E-state index >= 15 is 0 Å². The fraction of sp³-hybridized carbons (Fsp3) is 0.286. The summed E-state index contributed by atoms with van der Waals surface area (Å²) in [6, 6.07) is 7.25. The zero-order chi connectivity index (χ0) is 21.9. The van der Waals surface area contributed by atoms with Gasteiger partial charge in [-0.05, 0) is 74.2 Å². The van der Waals surface area contributed by atoms with Crippen LogP contribution in [0.5, 0.6) is 0 Å². The predicted molar refractivity (Wildman–Crippen MR) is 112 cm³/mol. The molecular weight excluding hydrogens is 398 g/mol. The number of anilines is 1. The van der Waals surface area contributed by atoms with E-state index in [4.69, 9.17) is 0 Å². The summed E-state index contributed by atoms with van der Waals surface area (Å²) in [5.41, 5.74) is 2.87. The number of rotatable bonds is 6. The topological polar surface area (TPSA) is 75.3 Å². The Bertz CT molecular complexity index is 1080. The largest absolute Gasteiger partial charge is 0.348 e. The van der Waals surface area contributed by atoms with Gasteiger partial charge in [0.2, 0.25) is 10.0 Å². The van der Waals surface area contributed by atoms with Crippen LogP contribution in [0.4, 0.5) is 14.5 Å². The molecule has 156 valence electrons. The van der Waals surface area contributed by atoms with Gasteiger partial charge < -0.3 is 5.32 Å². The van der Waals surface area contributed by atoms with Gasteiger partial charge in [0, 0.05) is 11.6 Å². The van der Waals surface area contributed by atoms with Gasteiger partial charge >= 0.3 is 0 Å². The van der Waals surface area contributed by atoms with Crippen molar-refractivity contribution in [2.75, 3.05) is 11.0 Å². The van der Waals surface area contributed by atoms with Crippen molar-refractivity contribution in [3.8, 4) is 11.1 Å². The Kier molecular flexibility index (Phi) is 6.79. The number of aryl methyl sites for hydroxylation is 2. The van der Waals surface area contributed by atoms with Crippen molar-refractivity contribution >= 4 is 27.7 Å². The highest BCUT2D eigenvalue weighted by Crippen LogP contribution is 2.31. The van der Waals surface area contributed by atoms with E-state index in [1.807, 2.05) is 0 Å². The standard InChI is InChI=1S/C21H24F2N2O3S/c1-12(2)24-21(26)20(23)10-15-8-14(4)18(9-13(15)3)17-7-6-16(11-19(17)22)25-29(5,27)28/h6-12,25H,1-5H3,(H,24,26)/b20-10+. The lowest BCUT2D eigenvalue weighted by Gasteiger charge is -2.13. The Morgan fingerprint density at radius 3 is 2.28 bits per heavy atom. The SMILES string of the molecule is Cc1cc(-c2ccc(NS(C)(=O)=O)cc2F)c(C)cc1/C=C(/F)C(=O)NC(C)C. The molecule has 0 fully saturated rings. The van der Waals surface area contributed by atoms with Crippen molar-refractivity contribution < 1.29 is 22.0 Å². The van der Waals surface area contributed by atoms with Gasteiger partial charge in [0.25, 0.3) is 5.91 Å². The van der Waals surface area contributed by atoms with Crippen molar-refractivity contribution in [1.29, 1.82) is 0 Å². The van der Waals surface area contributed by atoms with Gasteiger partial charge in [0.15, 0.2) is 5.83 Å². The molecule has 5 nitrogen and oxygen atoms in total. The molecule has 2 aromatic carbocycles. The number of halogens is 2. The van der Waals surface area contributed by atoms with E-state index < -0.39 is 27.6 Å². The highest BCUT2D eigenvalue weighted by atomic mass is 32.2. The van der Waals surface area contributed by atoms with E-state index in [1.165, 1.54) is 12.1 Å². The molecule has 0 heterocycles. The molecule has 0 spiro atoms. The third-order valence-corrected chi connectivity index (χ3v) is 4.70. The highest BCUT2D eigenvalue weighted by Gasteiger charge is 2.14. The molecule has 29 heavy (non-hydrogen) atoms. The number of benzene rings is 2. The fourth-order valence-corrected chi connectivity index (χ4v) is 3.38. The lowest BCUT2D eigenvalue weighted by Crippen LogP contribution is -2.30. The van der Waals surface area contributed by atoms with Gasteiger partial charge in [-0.25, -0.2) is 17.2 Å². The van der Waals surface area contributed by atoms with Crippen molar-refractivity contribution in [3.05, 3.63) is 58.7 Å². The van der Waals surface area contributed by atoms with Crippen LogP contribution in [0.3, 0.4) is 0 Å². The maximum atomic E-state index is 14.6. The molecule has 2 N–H and O–H groups in total. The zero-order valence-corrected chi connectivity index (χ0v) is 17.7. The number of hydrogen-bond donors (Lipinski definition) is 2. The lowest BCUT2D eigenvalue weighted by atomic mass is 9.94. The van der Waals surface area contributed by atoms with Gasteiger partial charge in [-0.2, -0.15) is 0 Å². The van der Waals surface area contributed by atoms with Crippen molar-refractivity contribution in [3.63, 3.8) is 0 Å². The summed E-state index contributed by atoms with van der Waals surface area (Å²) in [6.45, 7) is 6.96. The van der Waals surface area contributed by atoms with Crippen LogP contribution >= 0.6 is 0 Å². The van der Waals surface area contributed by atoms with Crippen LogP contribution in [0.1, 0.15) is 30.5 Å². The summed E-state index contributed by atoms with van der Waals surface area (Å²) in [7, 11) is -3.51. The summed E-state index contributed by atoms with van der Waals surface area (Å²) in [6.07, 6.45) is 2.14. The zero-order valence-electron chi connectivity index (χ0n) is 16.9. The Morgan fingerprint density at radius 2 is 1.72 bits per heavy atom. The lowest BCUT2D eigenvalue weighted by molar-refractivity contribution is -0.119. The summed E-state index contributed by atoms with van der Waals surface area (Å²) in [5, 5.41) is 2.48. The number of nitrogens with one attached hydrogen (secondary N) is 2. The molecule has 0 aromatic heterocycles. The average molecular weight is 422 g/mol. The first-order chi connectivity index (χ1) is 13.4. The molecule has 0 saturated carbocycles. The van der Waals surface area contributed by atoms with E-state index in [0.717, 1.165) is 18.4 Å². The number of sulfonamides is 1. The Balaban J connectivity index is 2.40. The molecule has 0 radical (unpaired) electrons. The van der Waals surface area contributed by atoms with Crippen LogP contribution in [0.2, 0.25) is 0 Å². The second-order valence-corrected chi connectivity index (χ2v) is 8.96. The molecule has 0 unspecified atom stereocenters. The van der Waals surface area contributed by atoms with Crippen molar-refractivity contribution in [2.45, 2.75) is 33.7 Å². The minimum atomic E-state index is -3.51. The van der Waals surface area contributed by atoms with Crippen LogP contribution in [-0.2, 0) is 14.8 Å². The second kappa shape index (κ2) is 8.73. The average Bonchev–Trinajstić information content (AvgIpc) is 2.56. The third-order valence-electron chi connectivity index (χ3n) is 4.09. The Labute approximate surface area is 169 Å². The minimum absolute atomic E-state index is 0.126. The normalized spacial score (nSPS) is 12.2. The maximum absolute atomic E-state index is 14.6. The van der Waals surface area contributed by atoms with Crippen LogP contribution in [0.15, 0.2) is 36.2 Å². The van der Waals surface area contributed by atoms with Gasteiger partial charge in [0.05, 0.1) is 11.9 Å². The van der Waals surface area contributed by atoms with E-state index in [0.29, 0.717) is 27.8 Å². The summed E-state index contributed by atoms with van der Waals surface area (Å²) in [5.74, 6) is -2.29. The van der Waals surface area contributed by atoms with Gasteiger partial charge in [-0.3, -0.25) is 9.52 Å². The molecule has 0 aliphatic rings. The van der Waals surface area contributed by atoms with Crippen LogP contribution in [0.25, 0.3) is 17.2 Å². The number of carbonyl (C=O) groups excluding carboxylic acids is 1. The van der Waals surface area contributed by atoms with Crippen LogP contribution in [0, 0.1) is 19.7 Å². The molecule has 2 aromatic rings. The monoisotopic (exact) mass is 422 g/mol. The number of hydrogen-bond acceptors (Lipinski definition) is 3. The van der Waals surface area contributed by atoms with E-state index in [9.17, 15) is 22.0 Å². The molecule has 0 saturated heterocycles. The molecular formula is C21H24F2N2O3S. The highest BCUT2D eigenvalue weighted by molar-refractivity contribution is 7.92. The van der Waals surface area contributed by atoms with Crippen molar-refractivity contribution in [1.82, 2.24) is 5.32 Å². The second-order valence-electron chi connectivity index (χ2n) is 7.21. The van der Waals surface area contributed by atoms with Gasteiger partial charge in [-0.15, -0.1) is 0 Å². The fourth-order valence-electron chi connectivity index (χ4n) is 2.83. The third kappa shape index (κ3) is 6.12. The maximum Gasteiger partial charge on any atom is 0.280 e. The van der Waals surface area contributed by atoms with Gasteiger partial charge in [-0.1, -0.05) is 12.1 Å². The first-order valence-corrected chi connectivity index (χ1v) is 10.8. The van der Waals surface area contributed by atoms with Gasteiger partial charge in [0.1, 0.15) is 5.82 Å². The van der Waals surface area contributed by atoms with E-state index in [1.54, 1.807) is 39.8 Å². The molecule has 0 aliphatic carbocycles. The first kappa shape index (κ1) is 22.5. The van der Waals surface area contributed by atoms with Crippen molar-refractivity contribution in [2.24, 2.45) is 0 Å². The minimum Gasteiger partial charge on any atom is -0.348 e. The molecule has 0 atom stereocenters. The summed E-state index contributed by atoms with van der Waals surface area (Å²) in [4.78, 5) is 11.8. The first-order valence-electron chi connectivity index (χ1n) is 8.94. The van der Waals surface area contributed by atoms with Crippen LogP contribution < -0.4 is 10.0 Å². The molecule has 0 bridgehead atoms. The quantitative estimate of drug-likeness (QED) is 0.681. The molecule has 8 heteroatoms. The predicted octanol–water partition coefficient (Wildman–Crippen LogP) is 4.32. The number of amides is 1. The molecule has 2 rings (SSSR count). The Hall–Kier alpha value is -2.74. The summed E-state index contributed by atoms with van der Waals surface area (Å²) < 4.78 is 53.6. The summed E-state index contributed by atoms with van der Waals surface area (Å²) >= 11 is 0. The Morgan fingerprint density at radius 1 is 1.07 bits per heavy atom. The smallest absolute Gasteiger partial charge is 0.280 e. The van der Waals surface area contributed by atoms with E-state index in [2.05, 4.69) is 10.0 Å². The number of carbonyl (C=O) groups is 1. The molecule has 0 aliphatic heterocycles.